The van der Waals surface area contributed by atoms with Crippen molar-refractivity contribution in [2.24, 2.45) is 0 Å². The fourth-order valence-corrected chi connectivity index (χ4v) is 1.96. The van der Waals surface area contributed by atoms with E-state index in [4.69, 9.17) is 11.6 Å². The normalized spacial score (nSPS) is 10.3. The molecule has 2 aromatic rings. The summed E-state index contributed by atoms with van der Waals surface area (Å²) in [5.41, 5.74) is 1.63. The number of aromatic amines is 1. The third-order valence-electron chi connectivity index (χ3n) is 2.21. The second kappa shape index (κ2) is 4.89. The van der Waals surface area contributed by atoms with Crippen LogP contribution >= 0.6 is 27.5 Å². The molecule has 0 aliphatic carbocycles. The Bertz CT molecular complexity index is 568. The van der Waals surface area contributed by atoms with E-state index < -0.39 is 5.97 Å². The lowest BCUT2D eigenvalue weighted by Gasteiger charge is -2.01. The number of halogens is 2. The molecule has 0 amide bonds. The molecule has 1 heterocycles. The largest absolute Gasteiger partial charge is 0.464 e. The second-order valence-electron chi connectivity index (χ2n) is 3.26. The van der Waals surface area contributed by atoms with E-state index in [1.54, 1.807) is 6.07 Å². The molecular formula is C11H8BrClN2O2. The number of H-pyrrole nitrogens is 1. The van der Waals surface area contributed by atoms with Gasteiger partial charge in [0.1, 0.15) is 5.69 Å². The fourth-order valence-electron chi connectivity index (χ4n) is 1.38. The molecule has 0 aliphatic heterocycles. The van der Waals surface area contributed by atoms with Gasteiger partial charge in [0.05, 0.1) is 17.8 Å². The zero-order chi connectivity index (χ0) is 12.4. The molecule has 0 spiro atoms. The number of nitrogens with one attached hydrogen (secondary N) is 1. The first kappa shape index (κ1) is 12.1. The molecule has 1 N–H and O–H groups in total. The molecule has 17 heavy (non-hydrogen) atoms. The van der Waals surface area contributed by atoms with E-state index in [1.165, 1.54) is 7.11 Å². The number of ether oxygens (including phenoxy) is 1. The molecule has 0 saturated carbocycles. The molecule has 88 valence electrons. The van der Waals surface area contributed by atoms with Gasteiger partial charge in [0.2, 0.25) is 0 Å². The van der Waals surface area contributed by atoms with Crippen molar-refractivity contribution in [2.45, 2.75) is 0 Å². The van der Waals surface area contributed by atoms with Crippen LogP contribution in [0.1, 0.15) is 10.5 Å². The Hall–Kier alpha value is -1.33. The van der Waals surface area contributed by atoms with Crippen molar-refractivity contribution in [3.63, 3.8) is 0 Å². The zero-order valence-electron chi connectivity index (χ0n) is 8.83. The minimum Gasteiger partial charge on any atom is -0.464 e. The Morgan fingerprint density at radius 2 is 2.29 bits per heavy atom. The highest BCUT2D eigenvalue weighted by Crippen LogP contribution is 2.32. The lowest BCUT2D eigenvalue weighted by atomic mass is 10.1. The first-order chi connectivity index (χ1) is 8.13. The molecule has 1 aromatic carbocycles. The Kier molecular flexibility index (Phi) is 3.49. The number of hydrogen-bond acceptors (Lipinski definition) is 3. The average Bonchev–Trinajstić information content (AvgIpc) is 2.81. The van der Waals surface area contributed by atoms with Crippen LogP contribution in [0.4, 0.5) is 0 Å². The van der Waals surface area contributed by atoms with E-state index >= 15 is 0 Å². The third kappa shape index (κ3) is 2.35. The lowest BCUT2D eigenvalue weighted by Crippen LogP contribution is -2.00. The van der Waals surface area contributed by atoms with Crippen molar-refractivity contribution in [3.05, 3.63) is 39.5 Å². The van der Waals surface area contributed by atoms with Gasteiger partial charge in [-0.25, -0.2) is 4.79 Å². The maximum Gasteiger partial charge on any atom is 0.356 e. The number of methoxy groups -OCH3 is 1. The van der Waals surface area contributed by atoms with Crippen LogP contribution in [0.2, 0.25) is 5.02 Å². The van der Waals surface area contributed by atoms with Crippen LogP contribution in [0.15, 0.2) is 28.7 Å². The molecule has 0 saturated heterocycles. The fraction of sp³-hybridized carbons (Fsp3) is 0.0909. The second-order valence-corrected chi connectivity index (χ2v) is 4.49. The quantitative estimate of drug-likeness (QED) is 0.865. The summed E-state index contributed by atoms with van der Waals surface area (Å²) in [4.78, 5) is 11.3. The first-order valence-electron chi connectivity index (χ1n) is 4.71. The lowest BCUT2D eigenvalue weighted by molar-refractivity contribution is 0.0594. The number of aromatic nitrogens is 2. The van der Waals surface area contributed by atoms with Gasteiger partial charge in [-0.1, -0.05) is 23.7 Å². The monoisotopic (exact) mass is 314 g/mol. The van der Waals surface area contributed by atoms with Gasteiger partial charge in [-0.2, -0.15) is 5.10 Å². The minimum atomic E-state index is -0.463. The van der Waals surface area contributed by atoms with Crippen LogP contribution in [0.5, 0.6) is 0 Å². The van der Waals surface area contributed by atoms with Crippen molar-refractivity contribution in [2.75, 3.05) is 7.11 Å². The molecule has 0 fully saturated rings. The maximum absolute atomic E-state index is 11.3. The van der Waals surface area contributed by atoms with Gasteiger partial charge in [-0.05, 0) is 28.1 Å². The molecule has 1 aromatic heterocycles. The molecule has 4 nitrogen and oxygen atoms in total. The molecule has 0 bridgehead atoms. The van der Waals surface area contributed by atoms with Crippen molar-refractivity contribution >= 4 is 33.5 Å². The molecule has 0 unspecified atom stereocenters. The van der Waals surface area contributed by atoms with Gasteiger partial charge < -0.3 is 4.74 Å². The Morgan fingerprint density at radius 1 is 1.53 bits per heavy atom. The molecule has 2 rings (SSSR count). The highest BCUT2D eigenvalue weighted by Gasteiger charge is 2.13. The maximum atomic E-state index is 11.3. The summed E-state index contributed by atoms with van der Waals surface area (Å²) < 4.78 is 5.36. The van der Waals surface area contributed by atoms with Gasteiger partial charge >= 0.3 is 5.97 Å². The number of hydrogen-bond donors (Lipinski definition) is 1. The molecule has 0 aliphatic rings. The van der Waals surface area contributed by atoms with Crippen molar-refractivity contribution < 1.29 is 9.53 Å². The summed E-state index contributed by atoms with van der Waals surface area (Å²) in [6.45, 7) is 0. The minimum absolute atomic E-state index is 0.290. The molecule has 6 heteroatoms. The standard InChI is InChI=1S/C11H8BrClN2O2/c1-17-11(16)9-5-8(14-15-9)6-3-2-4-7(12)10(6)13/h2-5H,1H3,(H,14,15). The number of nitrogens with zero attached hydrogens (tertiary/aromatic N) is 1. The molecular weight excluding hydrogens is 307 g/mol. The number of esters is 1. The van der Waals surface area contributed by atoms with Crippen molar-refractivity contribution in [1.82, 2.24) is 10.2 Å². The topological polar surface area (TPSA) is 55.0 Å². The van der Waals surface area contributed by atoms with E-state index in [-0.39, 0.29) is 0 Å². The van der Waals surface area contributed by atoms with Crippen LogP contribution in [0.25, 0.3) is 11.3 Å². The Morgan fingerprint density at radius 3 is 3.00 bits per heavy atom. The number of carbonyl (C=O) groups is 1. The number of benzene rings is 1. The highest BCUT2D eigenvalue weighted by atomic mass is 79.9. The van der Waals surface area contributed by atoms with Crippen LogP contribution in [-0.2, 0) is 4.74 Å². The average molecular weight is 316 g/mol. The van der Waals surface area contributed by atoms with Gasteiger partial charge in [-0.15, -0.1) is 0 Å². The molecule has 0 radical (unpaired) electrons. The number of carbonyl (C=O) groups excluding carboxylic acids is 1. The predicted molar refractivity (Wildman–Crippen MR) is 68.1 cm³/mol. The SMILES string of the molecule is COC(=O)c1cc(-c2cccc(Br)c2Cl)n[nH]1. The summed E-state index contributed by atoms with van der Waals surface area (Å²) in [7, 11) is 1.31. The smallest absolute Gasteiger partial charge is 0.356 e. The third-order valence-corrected chi connectivity index (χ3v) is 3.51. The Balaban J connectivity index is 2.44. The predicted octanol–water partition coefficient (Wildman–Crippen LogP) is 3.28. The number of rotatable bonds is 2. The summed E-state index contributed by atoms with van der Waals surface area (Å²) >= 11 is 9.46. The van der Waals surface area contributed by atoms with Gasteiger partial charge in [0.25, 0.3) is 0 Å². The molecule has 0 atom stereocenters. The van der Waals surface area contributed by atoms with Crippen LogP contribution < -0.4 is 0 Å². The Labute approximate surface area is 111 Å². The summed E-state index contributed by atoms with van der Waals surface area (Å²) in [5.74, 6) is -0.463. The van der Waals surface area contributed by atoms with E-state index in [9.17, 15) is 4.79 Å². The van der Waals surface area contributed by atoms with Crippen LogP contribution in [-0.4, -0.2) is 23.3 Å². The van der Waals surface area contributed by atoms with E-state index in [2.05, 4.69) is 30.9 Å². The van der Waals surface area contributed by atoms with Crippen molar-refractivity contribution in [3.8, 4) is 11.3 Å². The first-order valence-corrected chi connectivity index (χ1v) is 5.88. The van der Waals surface area contributed by atoms with Crippen LogP contribution in [0.3, 0.4) is 0 Å². The van der Waals surface area contributed by atoms with Gasteiger partial charge in [-0.3, -0.25) is 5.10 Å². The zero-order valence-corrected chi connectivity index (χ0v) is 11.2. The van der Waals surface area contributed by atoms with E-state index in [0.29, 0.717) is 16.4 Å². The highest BCUT2D eigenvalue weighted by molar-refractivity contribution is 9.10. The summed E-state index contributed by atoms with van der Waals surface area (Å²) in [5, 5.41) is 7.18. The summed E-state index contributed by atoms with van der Waals surface area (Å²) in [6, 6.07) is 7.10. The summed E-state index contributed by atoms with van der Waals surface area (Å²) in [6.07, 6.45) is 0. The van der Waals surface area contributed by atoms with Gasteiger partial charge in [0, 0.05) is 10.0 Å². The van der Waals surface area contributed by atoms with E-state index in [0.717, 1.165) is 10.0 Å². The van der Waals surface area contributed by atoms with Gasteiger partial charge in [0.15, 0.2) is 0 Å². The van der Waals surface area contributed by atoms with E-state index in [1.807, 2.05) is 18.2 Å². The van der Waals surface area contributed by atoms with Crippen molar-refractivity contribution in [1.29, 1.82) is 0 Å². The van der Waals surface area contributed by atoms with Crippen LogP contribution in [0, 0.1) is 0 Å².